The Balaban J connectivity index is 1.30. The molecule has 0 spiro atoms. The van der Waals surface area contributed by atoms with Crippen molar-refractivity contribution in [3.8, 4) is 11.5 Å². The van der Waals surface area contributed by atoms with E-state index in [0.29, 0.717) is 29.0 Å². The van der Waals surface area contributed by atoms with E-state index in [1.807, 2.05) is 37.3 Å². The van der Waals surface area contributed by atoms with Gasteiger partial charge in [-0.15, -0.1) is 0 Å². The van der Waals surface area contributed by atoms with Gasteiger partial charge in [0.15, 0.2) is 0 Å². The predicted octanol–water partition coefficient (Wildman–Crippen LogP) is 4.93. The van der Waals surface area contributed by atoms with Gasteiger partial charge in [-0.1, -0.05) is 24.3 Å². The number of carboxylic acids is 1. The molecule has 0 aliphatic carbocycles. The van der Waals surface area contributed by atoms with Crippen LogP contribution in [-0.2, 0) is 11.2 Å². The number of para-hydroxylation sites is 2. The quantitative estimate of drug-likeness (QED) is 0.401. The first-order valence-corrected chi connectivity index (χ1v) is 12.0. The van der Waals surface area contributed by atoms with Crippen LogP contribution in [0.25, 0.3) is 10.9 Å². The molecule has 184 valence electrons. The fourth-order valence-electron chi connectivity index (χ4n) is 4.79. The molecule has 0 amide bonds. The van der Waals surface area contributed by atoms with Crippen LogP contribution < -0.4 is 14.4 Å². The number of aromatic nitrogens is 1. The summed E-state index contributed by atoms with van der Waals surface area (Å²) >= 11 is 0. The molecule has 0 radical (unpaired) electrons. The molecular formula is C29H28N2O5. The van der Waals surface area contributed by atoms with E-state index < -0.39 is 5.97 Å². The van der Waals surface area contributed by atoms with Crippen LogP contribution in [0.4, 0.5) is 5.69 Å². The lowest BCUT2D eigenvalue weighted by atomic mass is 10.1. The van der Waals surface area contributed by atoms with Gasteiger partial charge in [-0.3, -0.25) is 14.2 Å². The van der Waals surface area contributed by atoms with Crippen molar-refractivity contribution in [2.45, 2.75) is 26.4 Å². The summed E-state index contributed by atoms with van der Waals surface area (Å²) in [5, 5.41) is 9.99. The number of benzene rings is 3. The molecule has 1 aliphatic rings. The van der Waals surface area contributed by atoms with Crippen LogP contribution >= 0.6 is 0 Å². The van der Waals surface area contributed by atoms with E-state index in [1.165, 1.54) is 0 Å². The standard InChI is InChI=1S/C29H28N2O5/c1-3-30-17-23(36-27-10-5-4-8-26(27)30)18-35-22-13-11-20(12-14-22)29(34)31-19(2)15-24-21(16-28(32)33)7-6-9-25(24)31/h4-15,23H,3,16-18H2,1-2H3,(H,32,33). The summed E-state index contributed by atoms with van der Waals surface area (Å²) in [5.74, 6) is 0.447. The molecule has 0 saturated heterocycles. The second-order valence-corrected chi connectivity index (χ2v) is 8.93. The van der Waals surface area contributed by atoms with Crippen LogP contribution in [0.1, 0.15) is 28.5 Å². The monoisotopic (exact) mass is 484 g/mol. The lowest BCUT2D eigenvalue weighted by Gasteiger charge is -2.35. The van der Waals surface area contributed by atoms with E-state index in [0.717, 1.165) is 35.6 Å². The maximum Gasteiger partial charge on any atom is 0.307 e. The highest BCUT2D eigenvalue weighted by Gasteiger charge is 2.25. The minimum absolute atomic E-state index is 0.0900. The van der Waals surface area contributed by atoms with E-state index in [-0.39, 0.29) is 18.4 Å². The van der Waals surface area contributed by atoms with E-state index in [4.69, 9.17) is 9.47 Å². The molecule has 1 atom stereocenters. The van der Waals surface area contributed by atoms with E-state index in [9.17, 15) is 14.7 Å². The summed E-state index contributed by atoms with van der Waals surface area (Å²) in [5.41, 5.74) is 3.76. The molecule has 36 heavy (non-hydrogen) atoms. The lowest BCUT2D eigenvalue weighted by molar-refractivity contribution is -0.136. The number of likely N-dealkylation sites (N-methyl/N-ethyl adjacent to an activating group) is 1. The summed E-state index contributed by atoms with van der Waals surface area (Å²) in [4.78, 5) is 26.9. The van der Waals surface area contributed by atoms with Gasteiger partial charge in [0.05, 0.1) is 24.2 Å². The number of aliphatic carboxylic acids is 1. The van der Waals surface area contributed by atoms with Crippen molar-refractivity contribution in [1.82, 2.24) is 4.57 Å². The summed E-state index contributed by atoms with van der Waals surface area (Å²) in [6.45, 7) is 6.00. The minimum atomic E-state index is -0.903. The molecule has 3 aromatic carbocycles. The Morgan fingerprint density at radius 2 is 1.83 bits per heavy atom. The van der Waals surface area contributed by atoms with Gasteiger partial charge in [0.25, 0.3) is 5.91 Å². The Morgan fingerprint density at radius 1 is 1.06 bits per heavy atom. The number of carbonyl (C=O) groups is 2. The molecule has 0 fully saturated rings. The SMILES string of the molecule is CCN1CC(COc2ccc(C(=O)n3c(C)cc4c(CC(=O)O)cccc43)cc2)Oc2ccccc21. The van der Waals surface area contributed by atoms with Gasteiger partial charge >= 0.3 is 5.97 Å². The van der Waals surface area contributed by atoms with Crippen LogP contribution in [0, 0.1) is 6.92 Å². The minimum Gasteiger partial charge on any atom is -0.490 e. The maximum atomic E-state index is 13.4. The average Bonchev–Trinajstić information content (AvgIpc) is 3.23. The first-order valence-electron chi connectivity index (χ1n) is 12.0. The number of nitrogens with zero attached hydrogens (tertiary/aromatic N) is 2. The molecule has 1 N–H and O–H groups in total. The largest absolute Gasteiger partial charge is 0.490 e. The molecule has 7 heteroatoms. The fraction of sp³-hybridized carbons (Fsp3) is 0.241. The lowest BCUT2D eigenvalue weighted by Crippen LogP contribution is -2.43. The second kappa shape index (κ2) is 9.77. The van der Waals surface area contributed by atoms with Crippen LogP contribution in [0.5, 0.6) is 11.5 Å². The van der Waals surface area contributed by atoms with Gasteiger partial charge in [-0.05, 0) is 67.9 Å². The third kappa shape index (κ3) is 4.52. The molecule has 2 heterocycles. The first-order chi connectivity index (χ1) is 17.4. The Kier molecular flexibility index (Phi) is 6.38. The van der Waals surface area contributed by atoms with E-state index >= 15 is 0 Å². The number of anilines is 1. The third-order valence-electron chi connectivity index (χ3n) is 6.51. The zero-order valence-electron chi connectivity index (χ0n) is 20.3. The molecule has 7 nitrogen and oxygen atoms in total. The normalized spacial score (nSPS) is 14.8. The van der Waals surface area contributed by atoms with Gasteiger partial charge in [-0.25, -0.2) is 0 Å². The number of aryl methyl sites for hydroxylation is 1. The predicted molar refractivity (Wildman–Crippen MR) is 138 cm³/mol. The average molecular weight is 485 g/mol. The second-order valence-electron chi connectivity index (χ2n) is 8.93. The number of hydrogen-bond donors (Lipinski definition) is 1. The Morgan fingerprint density at radius 3 is 2.58 bits per heavy atom. The Bertz CT molecular complexity index is 1420. The molecule has 0 bridgehead atoms. The highest BCUT2D eigenvalue weighted by molar-refractivity contribution is 6.04. The van der Waals surface area contributed by atoms with Crippen LogP contribution in [0.3, 0.4) is 0 Å². The summed E-state index contributed by atoms with van der Waals surface area (Å²) in [7, 11) is 0. The molecule has 0 saturated carbocycles. The Hall–Kier alpha value is -4.26. The summed E-state index contributed by atoms with van der Waals surface area (Å²) in [6.07, 6.45) is -0.192. The number of ether oxygens (including phenoxy) is 2. The molecule has 1 unspecified atom stereocenters. The zero-order valence-corrected chi connectivity index (χ0v) is 20.3. The number of fused-ring (bicyclic) bond motifs is 2. The number of hydrogen-bond acceptors (Lipinski definition) is 5. The fourth-order valence-corrected chi connectivity index (χ4v) is 4.79. The van der Waals surface area contributed by atoms with E-state index in [1.54, 1.807) is 41.0 Å². The van der Waals surface area contributed by atoms with Gasteiger partial charge in [0, 0.05) is 23.2 Å². The van der Waals surface area contributed by atoms with Gasteiger partial charge < -0.3 is 19.5 Å². The molecule has 1 aliphatic heterocycles. The molecule has 5 rings (SSSR count). The summed E-state index contributed by atoms with van der Waals surface area (Å²) < 4.78 is 13.8. The smallest absolute Gasteiger partial charge is 0.307 e. The number of carbonyl (C=O) groups excluding carboxylic acids is 1. The molecular weight excluding hydrogens is 456 g/mol. The van der Waals surface area contributed by atoms with Crippen molar-refractivity contribution in [2.24, 2.45) is 0 Å². The van der Waals surface area contributed by atoms with Gasteiger partial charge in [0.1, 0.15) is 24.2 Å². The van der Waals surface area contributed by atoms with Crippen molar-refractivity contribution < 1.29 is 24.2 Å². The van der Waals surface area contributed by atoms with Crippen molar-refractivity contribution in [2.75, 3.05) is 24.6 Å². The highest BCUT2D eigenvalue weighted by atomic mass is 16.5. The Labute approximate surface area is 209 Å². The zero-order chi connectivity index (χ0) is 25.2. The van der Waals surface area contributed by atoms with Crippen molar-refractivity contribution in [1.29, 1.82) is 0 Å². The topological polar surface area (TPSA) is 81.0 Å². The summed E-state index contributed by atoms with van der Waals surface area (Å²) in [6, 6.07) is 22.4. The maximum absolute atomic E-state index is 13.4. The van der Waals surface area contributed by atoms with Gasteiger partial charge in [-0.2, -0.15) is 0 Å². The van der Waals surface area contributed by atoms with Gasteiger partial charge in [0.2, 0.25) is 0 Å². The highest BCUT2D eigenvalue weighted by Crippen LogP contribution is 2.33. The van der Waals surface area contributed by atoms with E-state index in [2.05, 4.69) is 17.9 Å². The molecule has 1 aromatic heterocycles. The van der Waals surface area contributed by atoms with Crippen molar-refractivity contribution in [3.05, 3.63) is 89.6 Å². The van der Waals surface area contributed by atoms with Crippen LogP contribution in [-0.4, -0.2) is 47.4 Å². The third-order valence-corrected chi connectivity index (χ3v) is 6.51. The number of carboxylic acid groups (broad SMARTS) is 1. The van der Waals surface area contributed by atoms with Crippen molar-refractivity contribution in [3.63, 3.8) is 0 Å². The first kappa shape index (κ1) is 23.5. The number of rotatable bonds is 7. The van der Waals surface area contributed by atoms with Crippen molar-refractivity contribution >= 4 is 28.5 Å². The molecule has 4 aromatic rings. The van der Waals surface area contributed by atoms with Crippen LogP contribution in [0.15, 0.2) is 72.8 Å². The van der Waals surface area contributed by atoms with Crippen LogP contribution in [0.2, 0.25) is 0 Å².